The summed E-state index contributed by atoms with van der Waals surface area (Å²) in [5.41, 5.74) is -1.10. The van der Waals surface area contributed by atoms with Crippen molar-refractivity contribution in [2.45, 2.75) is 76.5 Å². The van der Waals surface area contributed by atoms with Gasteiger partial charge >= 0.3 is 12.1 Å². The molecule has 1 aliphatic heterocycles. The number of carbonyl (C=O) groups excluding carboxylic acids is 2. The second kappa shape index (κ2) is 8.30. The van der Waals surface area contributed by atoms with Crippen molar-refractivity contribution in [2.24, 2.45) is 5.92 Å². The molecule has 0 atom stereocenters. The first-order valence-electron chi connectivity index (χ1n) is 10.3. The van der Waals surface area contributed by atoms with Gasteiger partial charge in [-0.2, -0.15) is 0 Å². The topological polar surface area (TPSA) is 107 Å². The summed E-state index contributed by atoms with van der Waals surface area (Å²) in [6.07, 6.45) is 5.42. The average Bonchev–Trinajstić information content (AvgIpc) is 3.18. The number of aliphatic hydroxyl groups is 1. The highest BCUT2D eigenvalue weighted by Gasteiger charge is 2.39. The zero-order valence-corrected chi connectivity index (χ0v) is 17.8. The number of piperidine rings is 1. The van der Waals surface area contributed by atoms with Crippen LogP contribution in [-0.2, 0) is 19.9 Å². The van der Waals surface area contributed by atoms with Crippen molar-refractivity contribution in [3.8, 4) is 0 Å². The summed E-state index contributed by atoms with van der Waals surface area (Å²) in [6, 6.07) is 0.169. The van der Waals surface area contributed by atoms with E-state index in [9.17, 15) is 14.7 Å². The van der Waals surface area contributed by atoms with Crippen molar-refractivity contribution >= 4 is 12.1 Å². The predicted molar refractivity (Wildman–Crippen MR) is 104 cm³/mol. The molecule has 2 heterocycles. The molecular formula is C20H32N4O5. The van der Waals surface area contributed by atoms with Crippen molar-refractivity contribution in [1.82, 2.24) is 19.9 Å². The fraction of sp³-hybridized carbons (Fsp3) is 0.800. The van der Waals surface area contributed by atoms with E-state index in [1.54, 1.807) is 9.58 Å². The van der Waals surface area contributed by atoms with Gasteiger partial charge in [0.05, 0.1) is 25.3 Å². The van der Waals surface area contributed by atoms with E-state index >= 15 is 0 Å². The van der Waals surface area contributed by atoms with Gasteiger partial charge in [0.2, 0.25) is 0 Å². The molecule has 162 valence electrons. The second-order valence-electron chi connectivity index (χ2n) is 9.11. The molecule has 0 radical (unpaired) electrons. The molecule has 1 saturated heterocycles. The first-order valence-corrected chi connectivity index (χ1v) is 10.3. The summed E-state index contributed by atoms with van der Waals surface area (Å²) in [5.74, 6) is -0.186. The minimum Gasteiger partial charge on any atom is -0.469 e. The van der Waals surface area contributed by atoms with Crippen molar-refractivity contribution in [2.75, 3.05) is 20.2 Å². The Hall–Kier alpha value is -2.16. The average molecular weight is 408 g/mol. The Morgan fingerprint density at radius 2 is 1.79 bits per heavy atom. The van der Waals surface area contributed by atoms with Gasteiger partial charge in [-0.05, 0) is 59.3 Å². The van der Waals surface area contributed by atoms with Crippen LogP contribution in [-0.4, -0.2) is 62.9 Å². The largest absolute Gasteiger partial charge is 0.469 e. The van der Waals surface area contributed by atoms with Crippen LogP contribution in [0.25, 0.3) is 0 Å². The van der Waals surface area contributed by atoms with E-state index in [2.05, 4.69) is 10.3 Å². The first kappa shape index (κ1) is 21.5. The Morgan fingerprint density at radius 3 is 2.34 bits per heavy atom. The summed E-state index contributed by atoms with van der Waals surface area (Å²) in [4.78, 5) is 25.5. The smallest absolute Gasteiger partial charge is 0.410 e. The number of aromatic nitrogens is 3. The van der Waals surface area contributed by atoms with Crippen molar-refractivity contribution < 1.29 is 24.2 Å². The van der Waals surface area contributed by atoms with E-state index in [0.717, 1.165) is 25.7 Å². The molecule has 1 N–H and O–H groups in total. The van der Waals surface area contributed by atoms with Gasteiger partial charge < -0.3 is 19.5 Å². The maximum Gasteiger partial charge on any atom is 0.410 e. The lowest BCUT2D eigenvalue weighted by Gasteiger charge is -2.37. The quantitative estimate of drug-likeness (QED) is 0.765. The molecule has 2 aliphatic rings. The number of hydrogen-bond donors (Lipinski definition) is 1. The van der Waals surface area contributed by atoms with E-state index in [1.165, 1.54) is 7.11 Å². The molecule has 9 heteroatoms. The number of hydrogen-bond acceptors (Lipinski definition) is 7. The summed E-state index contributed by atoms with van der Waals surface area (Å²) in [7, 11) is 1.42. The monoisotopic (exact) mass is 408 g/mol. The van der Waals surface area contributed by atoms with E-state index < -0.39 is 11.2 Å². The Morgan fingerprint density at radius 1 is 1.17 bits per heavy atom. The number of ether oxygens (including phenoxy) is 2. The molecule has 0 spiro atoms. The number of carbonyl (C=O) groups is 2. The minimum absolute atomic E-state index is 0.0411. The lowest BCUT2D eigenvalue weighted by Crippen LogP contribution is -2.47. The second-order valence-corrected chi connectivity index (χ2v) is 9.11. The Balaban J connectivity index is 1.57. The normalized spacial score (nSPS) is 24.8. The van der Waals surface area contributed by atoms with Crippen LogP contribution in [0.5, 0.6) is 0 Å². The molecule has 9 nitrogen and oxygen atoms in total. The van der Waals surface area contributed by atoms with Crippen molar-refractivity contribution in [3.63, 3.8) is 0 Å². The number of esters is 1. The number of methoxy groups -OCH3 is 1. The molecule has 0 bridgehead atoms. The van der Waals surface area contributed by atoms with Crippen LogP contribution in [0.1, 0.15) is 71.0 Å². The molecule has 1 saturated carbocycles. The third kappa shape index (κ3) is 5.07. The van der Waals surface area contributed by atoms with Crippen LogP contribution >= 0.6 is 0 Å². The van der Waals surface area contributed by atoms with Gasteiger partial charge in [-0.25, -0.2) is 9.48 Å². The van der Waals surface area contributed by atoms with E-state index in [0.29, 0.717) is 31.6 Å². The van der Waals surface area contributed by atoms with Crippen LogP contribution < -0.4 is 0 Å². The summed E-state index contributed by atoms with van der Waals surface area (Å²) in [5, 5.41) is 19.5. The predicted octanol–water partition coefficient (Wildman–Crippen LogP) is 2.40. The lowest BCUT2D eigenvalue weighted by atomic mass is 9.86. The summed E-state index contributed by atoms with van der Waals surface area (Å²) in [6.45, 7) is 6.32. The molecular weight excluding hydrogens is 376 g/mol. The van der Waals surface area contributed by atoms with Crippen molar-refractivity contribution in [3.05, 3.63) is 11.9 Å². The highest BCUT2D eigenvalue weighted by molar-refractivity contribution is 5.72. The maximum atomic E-state index is 12.2. The zero-order valence-electron chi connectivity index (χ0n) is 17.8. The SMILES string of the molecule is COC(=O)C1CCC(n2cc(C3(O)CCN(C(=O)OC(C)(C)C)CC3)nn2)CC1. The van der Waals surface area contributed by atoms with E-state index in [-0.39, 0.29) is 24.0 Å². The third-order valence-electron chi connectivity index (χ3n) is 5.83. The fourth-order valence-corrected chi connectivity index (χ4v) is 4.05. The number of likely N-dealkylation sites (tertiary alicyclic amines) is 1. The van der Waals surface area contributed by atoms with Gasteiger partial charge in [0.15, 0.2) is 0 Å². The van der Waals surface area contributed by atoms with Crippen LogP contribution in [0, 0.1) is 5.92 Å². The number of amides is 1. The molecule has 1 aromatic heterocycles. The summed E-state index contributed by atoms with van der Waals surface area (Å²) >= 11 is 0. The lowest BCUT2D eigenvalue weighted by molar-refractivity contribution is -0.146. The Kier molecular flexibility index (Phi) is 6.16. The first-order chi connectivity index (χ1) is 13.6. The summed E-state index contributed by atoms with van der Waals surface area (Å²) < 4.78 is 12.1. The molecule has 0 aromatic carbocycles. The Bertz CT molecular complexity index is 725. The van der Waals surface area contributed by atoms with E-state index in [1.807, 2.05) is 27.0 Å². The number of rotatable bonds is 3. The molecule has 0 unspecified atom stereocenters. The molecule has 3 rings (SSSR count). The van der Waals surface area contributed by atoms with Gasteiger partial charge in [-0.1, -0.05) is 5.21 Å². The van der Waals surface area contributed by atoms with Gasteiger partial charge in [0.25, 0.3) is 0 Å². The molecule has 29 heavy (non-hydrogen) atoms. The molecule has 1 amide bonds. The molecule has 2 fully saturated rings. The van der Waals surface area contributed by atoms with Gasteiger partial charge in [0.1, 0.15) is 16.9 Å². The van der Waals surface area contributed by atoms with Crippen LogP contribution in [0.2, 0.25) is 0 Å². The highest BCUT2D eigenvalue weighted by atomic mass is 16.6. The molecule has 1 aromatic rings. The Labute approximate surface area is 171 Å². The van der Waals surface area contributed by atoms with E-state index in [4.69, 9.17) is 9.47 Å². The number of nitrogens with zero attached hydrogens (tertiary/aromatic N) is 4. The van der Waals surface area contributed by atoms with Crippen LogP contribution in [0.15, 0.2) is 6.20 Å². The van der Waals surface area contributed by atoms with Crippen LogP contribution in [0.3, 0.4) is 0 Å². The fourth-order valence-electron chi connectivity index (χ4n) is 4.05. The van der Waals surface area contributed by atoms with Crippen LogP contribution in [0.4, 0.5) is 4.79 Å². The van der Waals surface area contributed by atoms with Gasteiger partial charge in [-0.3, -0.25) is 4.79 Å². The standard InChI is InChI=1S/C20H32N4O5/c1-19(2,3)29-18(26)23-11-9-20(27,10-12-23)16-13-24(22-21-16)15-7-5-14(6-8-15)17(25)28-4/h13-15,27H,5-12H2,1-4H3. The maximum absolute atomic E-state index is 12.2. The highest BCUT2D eigenvalue weighted by Crippen LogP contribution is 2.35. The third-order valence-corrected chi connectivity index (χ3v) is 5.83. The minimum atomic E-state index is -1.10. The van der Waals surface area contributed by atoms with Gasteiger partial charge in [0, 0.05) is 13.1 Å². The zero-order chi connectivity index (χ0) is 21.2. The van der Waals surface area contributed by atoms with Gasteiger partial charge in [-0.15, -0.1) is 5.10 Å². The molecule has 1 aliphatic carbocycles. The van der Waals surface area contributed by atoms with Crippen molar-refractivity contribution in [1.29, 1.82) is 0 Å².